The van der Waals surface area contributed by atoms with Gasteiger partial charge in [0.15, 0.2) is 0 Å². The number of likely N-dealkylation sites (tertiary alicyclic amines) is 1. The Bertz CT molecular complexity index is 1500. The predicted octanol–water partition coefficient (Wildman–Crippen LogP) is 8.53. The number of aliphatic carboxylic acids is 1. The summed E-state index contributed by atoms with van der Waals surface area (Å²) in [6, 6.07) is 29.9. The van der Waals surface area contributed by atoms with Gasteiger partial charge in [-0.25, -0.2) is 9.59 Å². The molecule has 10 heteroatoms. The second kappa shape index (κ2) is 18.4. The lowest BCUT2D eigenvalue weighted by atomic mass is 9.95. The highest BCUT2D eigenvalue weighted by molar-refractivity contribution is 5.75. The summed E-state index contributed by atoms with van der Waals surface area (Å²) in [6.07, 6.45) is 8.21. The minimum Gasteiger partial charge on any atom is -0.475 e. The first-order valence-corrected chi connectivity index (χ1v) is 18.2. The number of hydrogen-bond donors (Lipinski definition) is 3. The van der Waals surface area contributed by atoms with Crippen LogP contribution in [-0.4, -0.2) is 64.3 Å². The predicted molar refractivity (Wildman–Crippen MR) is 190 cm³/mol. The van der Waals surface area contributed by atoms with Gasteiger partial charge < -0.3 is 20.6 Å². The molecule has 3 aliphatic rings. The van der Waals surface area contributed by atoms with Crippen LogP contribution >= 0.6 is 0 Å². The number of alkyl halides is 3. The molecular formula is C40H51F3N4O3. The molecule has 50 heavy (non-hydrogen) atoms. The summed E-state index contributed by atoms with van der Waals surface area (Å²) in [5.74, 6) is -2.76. The van der Waals surface area contributed by atoms with E-state index in [1.807, 2.05) is 0 Å². The molecule has 6 rings (SSSR count). The first kappa shape index (κ1) is 37.4. The molecule has 2 aliphatic carbocycles. The lowest BCUT2D eigenvalue weighted by Crippen LogP contribution is -2.52. The number of nitrogens with zero attached hydrogens (tertiary/aromatic N) is 2. The second-order valence-electron chi connectivity index (χ2n) is 14.0. The van der Waals surface area contributed by atoms with Gasteiger partial charge in [-0.1, -0.05) is 98.8 Å². The maximum atomic E-state index is 13.9. The van der Waals surface area contributed by atoms with E-state index in [1.165, 1.54) is 72.8 Å². The molecule has 3 aromatic carbocycles. The van der Waals surface area contributed by atoms with Crippen LogP contribution in [0.5, 0.6) is 0 Å². The SMILES string of the molecule is O=C(NC1CCCCC1)N(Cc1cccc(-c2cccc(CNC3CCCC3)c2)c1)C1CCN(Cc2ccccc2)CC1.O=C(O)C(F)(F)F. The van der Waals surface area contributed by atoms with Crippen LogP contribution in [0.25, 0.3) is 11.1 Å². The van der Waals surface area contributed by atoms with E-state index in [2.05, 4.69) is 99.3 Å². The van der Waals surface area contributed by atoms with Gasteiger partial charge >= 0.3 is 18.2 Å². The highest BCUT2D eigenvalue weighted by Crippen LogP contribution is 2.26. The van der Waals surface area contributed by atoms with Gasteiger partial charge in [-0.15, -0.1) is 0 Å². The Morgan fingerprint density at radius 1 is 0.720 bits per heavy atom. The van der Waals surface area contributed by atoms with E-state index in [1.54, 1.807) is 0 Å². The first-order chi connectivity index (χ1) is 24.1. The minimum atomic E-state index is -5.08. The van der Waals surface area contributed by atoms with Gasteiger partial charge in [-0.3, -0.25) is 4.90 Å². The van der Waals surface area contributed by atoms with Gasteiger partial charge in [0.25, 0.3) is 0 Å². The van der Waals surface area contributed by atoms with E-state index in [0.717, 1.165) is 51.9 Å². The topological polar surface area (TPSA) is 84.9 Å². The smallest absolute Gasteiger partial charge is 0.475 e. The quantitative estimate of drug-likeness (QED) is 0.198. The molecule has 3 aromatic rings. The molecule has 1 heterocycles. The number of hydrogen-bond acceptors (Lipinski definition) is 4. The number of carboxylic acid groups (broad SMARTS) is 1. The molecule has 1 aliphatic heterocycles. The Labute approximate surface area is 294 Å². The monoisotopic (exact) mass is 692 g/mol. The van der Waals surface area contributed by atoms with Crippen molar-refractivity contribution in [3.05, 3.63) is 95.6 Å². The Morgan fingerprint density at radius 2 is 1.26 bits per heavy atom. The number of benzene rings is 3. The van der Waals surface area contributed by atoms with Crippen molar-refractivity contribution in [3.63, 3.8) is 0 Å². The molecule has 3 N–H and O–H groups in total. The zero-order valence-electron chi connectivity index (χ0n) is 28.8. The summed E-state index contributed by atoms with van der Waals surface area (Å²) < 4.78 is 31.7. The van der Waals surface area contributed by atoms with Crippen molar-refractivity contribution in [2.75, 3.05) is 13.1 Å². The van der Waals surface area contributed by atoms with Crippen LogP contribution < -0.4 is 10.6 Å². The number of carbonyl (C=O) groups is 2. The fourth-order valence-electron chi connectivity index (χ4n) is 7.40. The average Bonchev–Trinajstić information content (AvgIpc) is 3.65. The molecule has 0 aromatic heterocycles. The van der Waals surface area contributed by atoms with Crippen molar-refractivity contribution >= 4 is 12.0 Å². The third-order valence-electron chi connectivity index (χ3n) is 10.2. The number of nitrogens with one attached hydrogen (secondary N) is 2. The normalized spacial score (nSPS) is 17.9. The van der Waals surface area contributed by atoms with Gasteiger partial charge in [0.1, 0.15) is 0 Å². The Balaban J connectivity index is 0.000000630. The molecule has 1 saturated heterocycles. The zero-order valence-corrected chi connectivity index (χ0v) is 28.8. The number of carbonyl (C=O) groups excluding carboxylic acids is 1. The molecule has 0 atom stereocenters. The third-order valence-corrected chi connectivity index (χ3v) is 10.2. The molecule has 2 amide bonds. The molecule has 0 unspecified atom stereocenters. The molecule has 2 saturated carbocycles. The molecule has 0 bridgehead atoms. The van der Waals surface area contributed by atoms with Gasteiger partial charge in [-0.05, 0) is 78.5 Å². The van der Waals surface area contributed by atoms with Crippen LogP contribution in [0.15, 0.2) is 78.9 Å². The lowest BCUT2D eigenvalue weighted by Gasteiger charge is -2.39. The standard InChI is InChI=1S/C38H50N4O.C2HF3O2/c43-38(40-36-19-5-2-6-20-36)42(37-21-23-41(24-22-37)28-30-11-3-1-4-12-30)29-32-14-10-16-34(26-32)33-15-9-13-31(25-33)27-39-35-17-7-8-18-35;3-2(4,5)1(6)7/h1,3-4,9-16,25-26,35-37,39H,2,5-8,17-24,27-29H2,(H,40,43);(H,6,7). The number of urea groups is 1. The summed E-state index contributed by atoms with van der Waals surface area (Å²) in [7, 11) is 0. The summed E-state index contributed by atoms with van der Waals surface area (Å²) >= 11 is 0. The average molecular weight is 693 g/mol. The maximum Gasteiger partial charge on any atom is 0.490 e. The van der Waals surface area contributed by atoms with E-state index < -0.39 is 12.1 Å². The van der Waals surface area contributed by atoms with Crippen LogP contribution in [0.4, 0.5) is 18.0 Å². The van der Waals surface area contributed by atoms with E-state index in [4.69, 9.17) is 9.90 Å². The Morgan fingerprint density at radius 3 is 1.88 bits per heavy atom. The van der Waals surface area contributed by atoms with Crippen molar-refractivity contribution < 1.29 is 27.9 Å². The van der Waals surface area contributed by atoms with Crippen molar-refractivity contribution in [2.24, 2.45) is 0 Å². The number of rotatable bonds is 10. The minimum absolute atomic E-state index is 0.124. The van der Waals surface area contributed by atoms with E-state index >= 15 is 0 Å². The van der Waals surface area contributed by atoms with E-state index in [9.17, 15) is 18.0 Å². The molecular weight excluding hydrogens is 641 g/mol. The number of piperidine rings is 1. The number of halogens is 3. The van der Waals surface area contributed by atoms with Crippen LogP contribution in [0.3, 0.4) is 0 Å². The highest BCUT2D eigenvalue weighted by Gasteiger charge is 2.38. The van der Waals surface area contributed by atoms with Crippen LogP contribution in [-0.2, 0) is 24.4 Å². The molecule has 3 fully saturated rings. The second-order valence-corrected chi connectivity index (χ2v) is 14.0. The fraction of sp³-hybridized carbons (Fsp3) is 0.500. The lowest BCUT2D eigenvalue weighted by molar-refractivity contribution is -0.192. The molecule has 0 radical (unpaired) electrons. The molecule has 270 valence electrons. The Hall–Kier alpha value is -3.89. The zero-order chi connectivity index (χ0) is 35.3. The van der Waals surface area contributed by atoms with Crippen LogP contribution in [0, 0.1) is 0 Å². The van der Waals surface area contributed by atoms with Crippen LogP contribution in [0.2, 0.25) is 0 Å². The summed E-state index contributed by atoms with van der Waals surface area (Å²) in [6.45, 7) is 4.61. The van der Waals surface area contributed by atoms with E-state index in [-0.39, 0.29) is 12.1 Å². The van der Waals surface area contributed by atoms with Crippen molar-refractivity contribution in [2.45, 2.75) is 115 Å². The van der Waals surface area contributed by atoms with Crippen molar-refractivity contribution in [3.8, 4) is 11.1 Å². The largest absolute Gasteiger partial charge is 0.490 e. The van der Waals surface area contributed by atoms with Crippen molar-refractivity contribution in [1.29, 1.82) is 0 Å². The maximum absolute atomic E-state index is 13.9. The van der Waals surface area contributed by atoms with Gasteiger partial charge in [0.2, 0.25) is 0 Å². The molecule has 7 nitrogen and oxygen atoms in total. The van der Waals surface area contributed by atoms with Crippen LogP contribution in [0.1, 0.15) is 87.3 Å². The van der Waals surface area contributed by atoms with Gasteiger partial charge in [0.05, 0.1) is 0 Å². The number of amides is 2. The van der Waals surface area contributed by atoms with Gasteiger partial charge in [-0.2, -0.15) is 13.2 Å². The summed E-state index contributed by atoms with van der Waals surface area (Å²) in [5.41, 5.74) is 6.39. The summed E-state index contributed by atoms with van der Waals surface area (Å²) in [5, 5.41) is 14.3. The highest BCUT2D eigenvalue weighted by atomic mass is 19.4. The number of carboxylic acids is 1. The summed E-state index contributed by atoms with van der Waals surface area (Å²) in [4.78, 5) is 27.5. The third kappa shape index (κ3) is 11.6. The van der Waals surface area contributed by atoms with Gasteiger partial charge in [0, 0.05) is 50.8 Å². The fourth-order valence-corrected chi connectivity index (χ4v) is 7.40. The molecule has 0 spiro atoms. The van der Waals surface area contributed by atoms with E-state index in [0.29, 0.717) is 18.6 Å². The Kier molecular flexibility index (Phi) is 13.7. The first-order valence-electron chi connectivity index (χ1n) is 18.2. The van der Waals surface area contributed by atoms with Crippen molar-refractivity contribution in [1.82, 2.24) is 20.4 Å².